The molecule has 0 aliphatic rings. The number of nitrogens with one attached hydrogen (secondary N) is 2. The lowest BCUT2D eigenvalue weighted by Gasteiger charge is -2.28. The van der Waals surface area contributed by atoms with Crippen molar-refractivity contribution in [2.75, 3.05) is 10.5 Å². The Morgan fingerprint density at radius 2 is 1.93 bits per heavy atom. The third kappa shape index (κ3) is 8.40. The molecule has 0 saturated heterocycles. The molecule has 8 nitrogen and oxygen atoms in total. The molecule has 9 heteroatoms. The average molecular weight is 400 g/mol. The van der Waals surface area contributed by atoms with E-state index in [1.807, 2.05) is 40.7 Å². The Balaban J connectivity index is 3.24. The molecule has 0 saturated carbocycles. The molecule has 0 bridgehead atoms. The summed E-state index contributed by atoms with van der Waals surface area (Å²) in [6.45, 7) is 9.44. The van der Waals surface area contributed by atoms with Crippen molar-refractivity contribution in [1.82, 2.24) is 5.32 Å². The predicted molar refractivity (Wildman–Crippen MR) is 103 cm³/mol. The summed E-state index contributed by atoms with van der Waals surface area (Å²) in [6.07, 6.45) is 0.0575. The molecule has 0 radical (unpaired) electrons. The van der Waals surface area contributed by atoms with Crippen LogP contribution < -0.4 is 10.0 Å². The van der Waals surface area contributed by atoms with Gasteiger partial charge < -0.3 is 15.2 Å². The molecule has 152 valence electrons. The number of hydrogen-bond donors (Lipinski definition) is 3. The maximum Gasteiger partial charge on any atom is 0.320 e. The van der Waals surface area contributed by atoms with Gasteiger partial charge in [0.15, 0.2) is 5.75 Å². The van der Waals surface area contributed by atoms with Crippen LogP contribution in [-0.4, -0.2) is 43.5 Å². The van der Waals surface area contributed by atoms with Crippen LogP contribution in [0.2, 0.25) is 0 Å². The number of amides is 1. The van der Waals surface area contributed by atoms with Crippen LogP contribution in [-0.2, 0) is 30.8 Å². The zero-order valence-electron chi connectivity index (χ0n) is 16.3. The number of carbonyl (C=O) groups excluding carboxylic acids is 1. The number of hydrogen-bond acceptors (Lipinski definition) is 5. The van der Waals surface area contributed by atoms with Crippen molar-refractivity contribution in [3.05, 3.63) is 29.3 Å². The van der Waals surface area contributed by atoms with Gasteiger partial charge in [0.25, 0.3) is 0 Å². The molecule has 0 aliphatic heterocycles. The lowest BCUT2D eigenvalue weighted by molar-refractivity contribution is -0.134. The molecule has 0 fully saturated rings. The molecule has 1 rings (SSSR count). The molecule has 3 N–H and O–H groups in total. The molecule has 1 atom stereocenters. The Morgan fingerprint density at radius 3 is 2.41 bits per heavy atom. The number of benzene rings is 1. The second-order valence-electron chi connectivity index (χ2n) is 7.53. The van der Waals surface area contributed by atoms with E-state index in [-0.39, 0.29) is 18.0 Å². The maximum atomic E-state index is 12.1. The van der Waals surface area contributed by atoms with Gasteiger partial charge >= 0.3 is 5.97 Å². The smallest absolute Gasteiger partial charge is 0.320 e. The lowest BCUT2D eigenvalue weighted by Crippen LogP contribution is -2.39. The number of carboxylic acids is 1. The van der Waals surface area contributed by atoms with Crippen LogP contribution in [0, 0.1) is 0 Å². The van der Waals surface area contributed by atoms with Gasteiger partial charge in [-0.1, -0.05) is 26.0 Å². The monoisotopic (exact) mass is 400 g/mol. The van der Waals surface area contributed by atoms with E-state index in [0.29, 0.717) is 12.0 Å². The van der Waals surface area contributed by atoms with Gasteiger partial charge in [-0.2, -0.15) is 0 Å². The molecule has 0 aliphatic carbocycles. The quantitative estimate of drug-likeness (QED) is 0.408. The van der Waals surface area contributed by atoms with E-state index in [2.05, 4.69) is 10.0 Å². The van der Waals surface area contributed by atoms with E-state index in [1.165, 1.54) is 0 Å². The summed E-state index contributed by atoms with van der Waals surface area (Å²) in [5, 5.41) is 11.4. The van der Waals surface area contributed by atoms with Crippen LogP contribution in [0.4, 0.5) is 5.69 Å². The molecule has 1 aromatic carbocycles. The van der Waals surface area contributed by atoms with Crippen LogP contribution in [0.1, 0.15) is 51.7 Å². The van der Waals surface area contributed by atoms with E-state index in [9.17, 15) is 18.0 Å². The van der Waals surface area contributed by atoms with E-state index < -0.39 is 33.6 Å². The van der Waals surface area contributed by atoms with Gasteiger partial charge in [0.05, 0.1) is 11.3 Å². The van der Waals surface area contributed by atoms with Gasteiger partial charge in [0.2, 0.25) is 16.4 Å². The number of rotatable bonds is 10. The Bertz CT molecular complexity index is 769. The minimum absolute atomic E-state index is 0.150. The Labute approximate surface area is 160 Å². The molecule has 0 aromatic heterocycles. The van der Waals surface area contributed by atoms with Crippen molar-refractivity contribution in [1.29, 1.82) is 0 Å². The molecule has 0 heterocycles. The van der Waals surface area contributed by atoms with Crippen LogP contribution in [0.15, 0.2) is 18.2 Å². The molecule has 1 unspecified atom stereocenters. The Hall–Kier alpha value is -2.13. The zero-order chi connectivity index (χ0) is 20.8. The number of aliphatic carboxylic acids is 1. The van der Waals surface area contributed by atoms with E-state index in [0.717, 1.165) is 5.56 Å². The Morgan fingerprint density at radius 1 is 1.30 bits per heavy atom. The largest absolute Gasteiger partial charge is 0.480 e. The van der Waals surface area contributed by atoms with E-state index >= 15 is 0 Å². The molecule has 27 heavy (non-hydrogen) atoms. The first-order valence-electron chi connectivity index (χ1n) is 8.55. The lowest BCUT2D eigenvalue weighted by atomic mass is 9.99. The summed E-state index contributed by atoms with van der Waals surface area (Å²) in [4.78, 5) is 21.7. The summed E-state index contributed by atoms with van der Waals surface area (Å²) in [6, 6.07) is 5.29. The molecule has 1 aromatic rings. The zero-order valence-corrected chi connectivity index (χ0v) is 17.1. The highest BCUT2D eigenvalue weighted by atomic mass is 32.2. The first kappa shape index (κ1) is 22.9. The second kappa shape index (κ2) is 9.18. The van der Waals surface area contributed by atoms with E-state index in [1.54, 1.807) is 12.1 Å². The Kier molecular flexibility index (Phi) is 7.79. The van der Waals surface area contributed by atoms with Gasteiger partial charge in [-0.3, -0.25) is 14.3 Å². The fourth-order valence-corrected chi connectivity index (χ4v) is 3.35. The van der Waals surface area contributed by atoms with Crippen LogP contribution >= 0.6 is 0 Å². The van der Waals surface area contributed by atoms with Crippen LogP contribution in [0.5, 0.6) is 0 Å². The first-order valence-corrected chi connectivity index (χ1v) is 10.2. The number of sulfonamides is 1. The fourth-order valence-electron chi connectivity index (χ4n) is 2.43. The number of anilines is 1. The van der Waals surface area contributed by atoms with Gasteiger partial charge in [0.1, 0.15) is 6.23 Å². The molecular formula is C18H28N2O6S. The summed E-state index contributed by atoms with van der Waals surface area (Å²) >= 11 is 0. The fraction of sp³-hybridized carbons (Fsp3) is 0.556. The highest BCUT2D eigenvalue weighted by Crippen LogP contribution is 2.26. The highest BCUT2D eigenvalue weighted by molar-refractivity contribution is 7.93. The second-order valence-corrected chi connectivity index (χ2v) is 9.26. The minimum atomic E-state index is -4.06. The van der Waals surface area contributed by atoms with Gasteiger partial charge in [-0.05, 0) is 43.9 Å². The summed E-state index contributed by atoms with van der Waals surface area (Å²) in [7, 11) is -4.06. The third-order valence-corrected chi connectivity index (χ3v) is 4.69. The average Bonchev–Trinajstić information content (AvgIpc) is 2.45. The van der Waals surface area contributed by atoms with Crippen molar-refractivity contribution in [2.45, 2.75) is 58.8 Å². The minimum Gasteiger partial charge on any atom is -0.480 e. The molecule has 1 amide bonds. The summed E-state index contributed by atoms with van der Waals surface area (Å²) in [5.41, 5.74) is 1.22. The predicted octanol–water partition coefficient (Wildman–Crippen LogP) is 2.07. The van der Waals surface area contributed by atoms with Crippen molar-refractivity contribution in [2.24, 2.45) is 0 Å². The van der Waals surface area contributed by atoms with Crippen molar-refractivity contribution in [3.8, 4) is 0 Å². The van der Waals surface area contributed by atoms with Gasteiger partial charge in [-0.25, -0.2) is 8.42 Å². The topological polar surface area (TPSA) is 122 Å². The number of carboxylic acid groups (broad SMARTS) is 1. The number of carbonyl (C=O) groups is 2. The van der Waals surface area contributed by atoms with Crippen LogP contribution in [0.3, 0.4) is 0 Å². The van der Waals surface area contributed by atoms with Gasteiger partial charge in [-0.15, -0.1) is 0 Å². The highest BCUT2D eigenvalue weighted by Gasteiger charge is 2.22. The van der Waals surface area contributed by atoms with Crippen molar-refractivity contribution in [3.63, 3.8) is 0 Å². The van der Waals surface area contributed by atoms with Gasteiger partial charge in [0, 0.05) is 6.42 Å². The number of ether oxygens (including phenoxy) is 1. The van der Waals surface area contributed by atoms with Crippen molar-refractivity contribution < 1.29 is 27.9 Å². The van der Waals surface area contributed by atoms with E-state index in [4.69, 9.17) is 9.84 Å². The normalized spacial score (nSPS) is 13.3. The molecular weight excluding hydrogens is 372 g/mol. The maximum absolute atomic E-state index is 12.1. The summed E-state index contributed by atoms with van der Waals surface area (Å²) < 4.78 is 32.3. The van der Waals surface area contributed by atoms with Crippen molar-refractivity contribution >= 4 is 28.1 Å². The summed E-state index contributed by atoms with van der Waals surface area (Å²) in [5.74, 6) is -2.33. The third-order valence-electron chi connectivity index (χ3n) is 3.53. The van der Waals surface area contributed by atoms with Crippen LogP contribution in [0.25, 0.3) is 0 Å². The SMILES string of the molecule is CC(C)c1ccc(CC(NC=O)OC(C)(C)C)c(NS(=O)(=O)CC(=O)O)c1. The standard InChI is InChI=1S/C18H28N2O6S/c1-12(2)13-6-7-14(9-16(19-11-21)26-18(3,4)5)15(8-13)20-27(24,25)10-17(22)23/h6-8,11-12,16,20H,9-10H2,1-5H3,(H,19,21)(H,22,23). The first-order chi connectivity index (χ1) is 12.3. The molecule has 0 spiro atoms.